The lowest BCUT2D eigenvalue weighted by atomic mass is 9.79. The van der Waals surface area contributed by atoms with Crippen LogP contribution in [0.1, 0.15) is 24.0 Å². The zero-order chi connectivity index (χ0) is 28.0. The molecule has 0 spiro atoms. The molecule has 4 atom stereocenters. The Labute approximate surface area is 216 Å². The van der Waals surface area contributed by atoms with Crippen molar-refractivity contribution in [2.45, 2.75) is 36.8 Å². The van der Waals surface area contributed by atoms with Gasteiger partial charge in [-0.25, -0.2) is 14.4 Å². The summed E-state index contributed by atoms with van der Waals surface area (Å²) >= 11 is 0. The number of hydrogen-bond donors (Lipinski definition) is 6. The number of methoxy groups -OCH3 is 1. The molecule has 0 heterocycles. The van der Waals surface area contributed by atoms with E-state index in [9.17, 15) is 45.0 Å². The first-order chi connectivity index (χ1) is 17.9. The second-order valence-electron chi connectivity index (χ2n) is 8.54. The van der Waals surface area contributed by atoms with Gasteiger partial charge in [0.1, 0.15) is 6.10 Å². The summed E-state index contributed by atoms with van der Waals surface area (Å²) in [6.45, 7) is 0. The molecule has 0 radical (unpaired) electrons. The van der Waals surface area contributed by atoms with Crippen molar-refractivity contribution in [3.05, 3.63) is 59.7 Å². The number of carboxylic acids is 1. The van der Waals surface area contributed by atoms with Crippen molar-refractivity contribution in [2.75, 3.05) is 7.11 Å². The van der Waals surface area contributed by atoms with E-state index in [0.717, 1.165) is 12.2 Å². The van der Waals surface area contributed by atoms with E-state index >= 15 is 0 Å². The Morgan fingerprint density at radius 1 is 0.868 bits per heavy atom. The number of phenols is 3. The molecule has 2 aromatic rings. The fraction of sp³-hybridized carbons (Fsp3) is 0.269. The van der Waals surface area contributed by atoms with Crippen LogP contribution in [0.3, 0.4) is 0 Å². The lowest BCUT2D eigenvalue weighted by Gasteiger charge is -2.40. The highest BCUT2D eigenvalue weighted by Crippen LogP contribution is 2.33. The molecule has 0 aliphatic heterocycles. The Hall–Kier alpha value is -4.55. The molecule has 0 unspecified atom stereocenters. The van der Waals surface area contributed by atoms with Gasteiger partial charge >= 0.3 is 17.9 Å². The van der Waals surface area contributed by atoms with Crippen LogP contribution in [0.5, 0.6) is 23.0 Å². The molecule has 3 rings (SSSR count). The van der Waals surface area contributed by atoms with Gasteiger partial charge in [-0.1, -0.05) is 12.1 Å². The number of carbonyl (C=O) groups is 3. The summed E-state index contributed by atoms with van der Waals surface area (Å²) < 4.78 is 15.5. The molecule has 1 saturated carbocycles. The molecule has 2 aromatic carbocycles. The van der Waals surface area contributed by atoms with Gasteiger partial charge < -0.3 is 44.8 Å². The number of benzene rings is 2. The van der Waals surface area contributed by atoms with E-state index < -0.39 is 60.4 Å². The highest BCUT2D eigenvalue weighted by Gasteiger charge is 2.52. The minimum absolute atomic E-state index is 0.114. The number of aliphatic hydroxyl groups is 2. The summed E-state index contributed by atoms with van der Waals surface area (Å²) in [5.41, 5.74) is -1.66. The molecule has 0 saturated heterocycles. The van der Waals surface area contributed by atoms with Crippen LogP contribution >= 0.6 is 0 Å². The average molecular weight is 530 g/mol. The molecule has 6 N–H and O–H groups in total. The number of carbonyl (C=O) groups excluding carboxylic acids is 2. The van der Waals surface area contributed by atoms with Crippen molar-refractivity contribution in [3.8, 4) is 23.0 Å². The van der Waals surface area contributed by atoms with Gasteiger partial charge in [-0.3, -0.25) is 0 Å². The van der Waals surface area contributed by atoms with Crippen molar-refractivity contribution in [1.29, 1.82) is 0 Å². The third kappa shape index (κ3) is 6.81. The number of aliphatic carboxylic acids is 1. The molecule has 0 aromatic heterocycles. The minimum atomic E-state index is -2.44. The second kappa shape index (κ2) is 11.7. The van der Waals surface area contributed by atoms with Crippen molar-refractivity contribution < 1.29 is 59.2 Å². The average Bonchev–Trinajstić information content (AvgIpc) is 2.86. The molecule has 38 heavy (non-hydrogen) atoms. The predicted octanol–water partition coefficient (Wildman–Crippen LogP) is 1.33. The minimum Gasteiger partial charge on any atom is -0.504 e. The predicted molar refractivity (Wildman–Crippen MR) is 130 cm³/mol. The molecule has 0 bridgehead atoms. The van der Waals surface area contributed by atoms with Crippen LogP contribution in [0.2, 0.25) is 0 Å². The Balaban J connectivity index is 1.76. The van der Waals surface area contributed by atoms with Crippen LogP contribution in [0.25, 0.3) is 12.2 Å². The van der Waals surface area contributed by atoms with E-state index in [4.69, 9.17) is 14.2 Å². The molecule has 1 aliphatic carbocycles. The highest BCUT2D eigenvalue weighted by atomic mass is 16.6. The molecule has 202 valence electrons. The standard InChI is InChI=1S/C26H26O12/c1-36-20-11-15(3-7-17(20)28)5-8-22(31)37-21-13-26(35,25(33)34)12-19(30)24(21)38-23(32)9-4-14-2-6-16(27)18(29)10-14/h2-11,19,21,24,27-30,35H,12-13H2,1H3,(H,33,34)/t19-,21+,24+,26-/m1/s1. The number of esters is 2. The summed E-state index contributed by atoms with van der Waals surface area (Å²) in [7, 11) is 1.35. The first kappa shape index (κ1) is 28.0. The van der Waals surface area contributed by atoms with Gasteiger partial charge in [0.15, 0.2) is 34.7 Å². The van der Waals surface area contributed by atoms with E-state index in [1.807, 2.05) is 0 Å². The number of carboxylic acid groups (broad SMARTS) is 1. The van der Waals surface area contributed by atoms with Crippen molar-refractivity contribution >= 4 is 30.1 Å². The maximum absolute atomic E-state index is 12.5. The van der Waals surface area contributed by atoms with Crippen LogP contribution < -0.4 is 4.74 Å². The second-order valence-corrected chi connectivity index (χ2v) is 8.54. The Morgan fingerprint density at radius 3 is 2.03 bits per heavy atom. The monoisotopic (exact) mass is 530 g/mol. The highest BCUT2D eigenvalue weighted by molar-refractivity contribution is 5.88. The van der Waals surface area contributed by atoms with Crippen molar-refractivity contribution in [2.24, 2.45) is 0 Å². The number of rotatable bonds is 8. The summed E-state index contributed by atoms with van der Waals surface area (Å²) in [6, 6.07) is 8.06. The SMILES string of the molecule is COc1cc(C=CC(=O)O[C@H]2C[C@@](O)(C(=O)O)C[C@@H](O)[C@@H]2OC(=O)C=Cc2ccc(O)c(O)c2)ccc1O. The third-order valence-electron chi connectivity index (χ3n) is 5.78. The number of aliphatic hydroxyl groups excluding tert-OH is 1. The molecule has 12 nitrogen and oxygen atoms in total. The summed E-state index contributed by atoms with van der Waals surface area (Å²) in [6.07, 6.45) is -1.57. The van der Waals surface area contributed by atoms with E-state index in [2.05, 4.69) is 0 Å². The van der Waals surface area contributed by atoms with Crippen LogP contribution in [0, 0.1) is 0 Å². The van der Waals surface area contributed by atoms with Crippen molar-refractivity contribution in [3.63, 3.8) is 0 Å². The number of ether oxygens (including phenoxy) is 3. The Kier molecular flexibility index (Phi) is 8.61. The smallest absolute Gasteiger partial charge is 0.335 e. The van der Waals surface area contributed by atoms with Crippen LogP contribution in [0.15, 0.2) is 48.6 Å². The lowest BCUT2D eigenvalue weighted by Crippen LogP contribution is -2.58. The number of hydrogen-bond acceptors (Lipinski definition) is 11. The number of phenolic OH excluding ortho intramolecular Hbond substituents is 3. The third-order valence-corrected chi connectivity index (χ3v) is 5.78. The van der Waals surface area contributed by atoms with E-state index in [1.165, 1.54) is 55.7 Å². The van der Waals surface area contributed by atoms with E-state index in [1.54, 1.807) is 0 Å². The maximum atomic E-state index is 12.5. The van der Waals surface area contributed by atoms with Gasteiger partial charge in [-0.15, -0.1) is 0 Å². The van der Waals surface area contributed by atoms with Crippen LogP contribution in [-0.2, 0) is 23.9 Å². The zero-order valence-corrected chi connectivity index (χ0v) is 20.1. The van der Waals surface area contributed by atoms with E-state index in [0.29, 0.717) is 11.1 Å². The lowest BCUT2D eigenvalue weighted by molar-refractivity contribution is -0.204. The quantitative estimate of drug-likeness (QED) is 0.163. The van der Waals surface area contributed by atoms with Gasteiger partial charge in [-0.05, 0) is 47.5 Å². The molecule has 0 amide bonds. The van der Waals surface area contributed by atoms with Gasteiger partial charge in [-0.2, -0.15) is 0 Å². The molecule has 12 heteroatoms. The Bertz CT molecular complexity index is 1270. The molecule has 1 fully saturated rings. The van der Waals surface area contributed by atoms with Gasteiger partial charge in [0.05, 0.1) is 13.2 Å². The van der Waals surface area contributed by atoms with Gasteiger partial charge in [0, 0.05) is 25.0 Å². The fourth-order valence-corrected chi connectivity index (χ4v) is 3.81. The largest absolute Gasteiger partial charge is 0.504 e. The van der Waals surface area contributed by atoms with Gasteiger partial charge in [0.25, 0.3) is 0 Å². The maximum Gasteiger partial charge on any atom is 0.335 e. The zero-order valence-electron chi connectivity index (χ0n) is 20.1. The number of aromatic hydroxyl groups is 3. The first-order valence-electron chi connectivity index (χ1n) is 11.2. The summed E-state index contributed by atoms with van der Waals surface area (Å²) in [5.74, 6) is -4.36. The van der Waals surface area contributed by atoms with Crippen molar-refractivity contribution in [1.82, 2.24) is 0 Å². The molecule has 1 aliphatic rings. The van der Waals surface area contributed by atoms with Gasteiger partial charge in [0.2, 0.25) is 0 Å². The topological polar surface area (TPSA) is 200 Å². The molecular weight excluding hydrogens is 504 g/mol. The molecular formula is C26H26O12. The summed E-state index contributed by atoms with van der Waals surface area (Å²) in [4.78, 5) is 36.5. The van der Waals surface area contributed by atoms with Crippen LogP contribution in [0.4, 0.5) is 0 Å². The van der Waals surface area contributed by atoms with E-state index in [-0.39, 0.29) is 17.2 Å². The Morgan fingerprint density at radius 2 is 1.45 bits per heavy atom. The fourth-order valence-electron chi connectivity index (χ4n) is 3.81. The normalized spacial score (nSPS) is 23.3. The first-order valence-corrected chi connectivity index (χ1v) is 11.2. The summed E-state index contributed by atoms with van der Waals surface area (Å²) in [5, 5.41) is 58.9. The van der Waals surface area contributed by atoms with Crippen LogP contribution in [-0.4, -0.2) is 79.6 Å².